The maximum atomic E-state index is 9.75. The van der Waals surface area contributed by atoms with E-state index in [1.54, 1.807) is 12.1 Å². The quantitative estimate of drug-likeness (QED) is 0.799. The molecule has 0 bridgehead atoms. The van der Waals surface area contributed by atoms with Crippen LogP contribution >= 0.6 is 15.9 Å². The summed E-state index contributed by atoms with van der Waals surface area (Å²) in [4.78, 5) is 0. The van der Waals surface area contributed by atoms with Crippen LogP contribution in [0.2, 0.25) is 0 Å². The number of hydrogen-bond donors (Lipinski definition) is 2. The second kappa shape index (κ2) is 4.15. The van der Waals surface area contributed by atoms with E-state index in [2.05, 4.69) is 22.5 Å². The Morgan fingerprint density at radius 1 is 1.57 bits per heavy atom. The lowest BCUT2D eigenvalue weighted by Crippen LogP contribution is -2.09. The summed E-state index contributed by atoms with van der Waals surface area (Å²) in [5.74, 6) is 0.232. The predicted molar refractivity (Wildman–Crippen MR) is 62.4 cm³/mol. The van der Waals surface area contributed by atoms with Crippen molar-refractivity contribution in [2.45, 2.75) is 19.9 Å². The van der Waals surface area contributed by atoms with Gasteiger partial charge in [0.2, 0.25) is 0 Å². The van der Waals surface area contributed by atoms with Gasteiger partial charge in [0.25, 0.3) is 0 Å². The molecule has 1 rings (SSSR count). The van der Waals surface area contributed by atoms with E-state index in [0.717, 1.165) is 21.2 Å². The number of aryl methyl sites for hydroxylation is 1. The van der Waals surface area contributed by atoms with Crippen LogP contribution in [0.4, 0.5) is 0 Å². The summed E-state index contributed by atoms with van der Waals surface area (Å²) in [6, 6.07) is 1.38. The van der Waals surface area contributed by atoms with Crippen LogP contribution in [0.1, 0.15) is 22.7 Å². The van der Waals surface area contributed by atoms with Gasteiger partial charge in [-0.05, 0) is 31.0 Å². The minimum absolute atomic E-state index is 0.232. The van der Waals surface area contributed by atoms with E-state index in [4.69, 9.17) is 5.73 Å². The first-order valence-electron chi connectivity index (χ1n) is 4.35. The van der Waals surface area contributed by atoms with Crippen molar-refractivity contribution in [1.82, 2.24) is 0 Å². The topological polar surface area (TPSA) is 46.2 Å². The average Bonchev–Trinajstić information content (AvgIpc) is 2.14. The molecule has 0 aliphatic carbocycles. The van der Waals surface area contributed by atoms with Crippen molar-refractivity contribution in [3.8, 4) is 5.75 Å². The lowest BCUT2D eigenvalue weighted by atomic mass is 9.98. The zero-order chi connectivity index (χ0) is 10.9. The SMILES string of the molecule is C=C[C@H](N)c1c(O)cc(C)c(Br)c1C. The molecule has 0 heterocycles. The molecule has 0 aromatic heterocycles. The molecule has 0 amide bonds. The molecule has 0 unspecified atom stereocenters. The van der Waals surface area contributed by atoms with Crippen molar-refractivity contribution in [2.75, 3.05) is 0 Å². The fourth-order valence-corrected chi connectivity index (χ4v) is 1.82. The van der Waals surface area contributed by atoms with Gasteiger partial charge in [-0.2, -0.15) is 0 Å². The third-order valence-electron chi connectivity index (χ3n) is 2.30. The number of phenolic OH excluding ortho intramolecular Hbond substituents is 1. The average molecular weight is 256 g/mol. The second-order valence-corrected chi connectivity index (χ2v) is 4.12. The zero-order valence-corrected chi connectivity index (χ0v) is 9.93. The van der Waals surface area contributed by atoms with Gasteiger partial charge in [-0.1, -0.05) is 22.0 Å². The van der Waals surface area contributed by atoms with Crippen molar-refractivity contribution in [1.29, 1.82) is 0 Å². The van der Waals surface area contributed by atoms with Gasteiger partial charge in [0.05, 0.1) is 6.04 Å². The number of phenols is 1. The Labute approximate surface area is 92.6 Å². The Kier molecular flexibility index (Phi) is 3.34. The maximum Gasteiger partial charge on any atom is 0.121 e. The van der Waals surface area contributed by atoms with Gasteiger partial charge in [0.1, 0.15) is 5.75 Å². The first-order valence-corrected chi connectivity index (χ1v) is 5.15. The fraction of sp³-hybridized carbons (Fsp3) is 0.273. The number of rotatable bonds is 2. The van der Waals surface area contributed by atoms with Crippen LogP contribution < -0.4 is 5.73 Å². The highest BCUT2D eigenvalue weighted by Gasteiger charge is 2.14. The van der Waals surface area contributed by atoms with E-state index >= 15 is 0 Å². The fourth-order valence-electron chi connectivity index (χ4n) is 1.49. The molecule has 0 fully saturated rings. The largest absolute Gasteiger partial charge is 0.508 e. The van der Waals surface area contributed by atoms with Gasteiger partial charge < -0.3 is 10.8 Å². The van der Waals surface area contributed by atoms with Crippen molar-refractivity contribution < 1.29 is 5.11 Å². The minimum atomic E-state index is -0.327. The monoisotopic (exact) mass is 255 g/mol. The van der Waals surface area contributed by atoms with E-state index in [1.807, 2.05) is 13.8 Å². The molecule has 1 aromatic carbocycles. The molecule has 0 radical (unpaired) electrons. The summed E-state index contributed by atoms with van der Waals surface area (Å²) in [5.41, 5.74) is 8.52. The minimum Gasteiger partial charge on any atom is -0.508 e. The Balaban J connectivity index is 3.43. The summed E-state index contributed by atoms with van der Waals surface area (Å²) < 4.78 is 0.989. The van der Waals surface area contributed by atoms with Crippen molar-refractivity contribution in [3.63, 3.8) is 0 Å². The summed E-state index contributed by atoms with van der Waals surface area (Å²) in [7, 11) is 0. The molecule has 0 saturated carbocycles. The van der Waals surface area contributed by atoms with Gasteiger partial charge in [-0.3, -0.25) is 0 Å². The van der Waals surface area contributed by atoms with Gasteiger partial charge >= 0.3 is 0 Å². The van der Waals surface area contributed by atoms with Crippen LogP contribution in [0, 0.1) is 13.8 Å². The number of halogens is 1. The first kappa shape index (κ1) is 11.3. The number of nitrogens with two attached hydrogens (primary N) is 1. The highest BCUT2D eigenvalue weighted by molar-refractivity contribution is 9.10. The Bertz CT molecular complexity index is 374. The van der Waals surface area contributed by atoms with E-state index in [9.17, 15) is 5.11 Å². The third kappa shape index (κ3) is 1.83. The molecule has 0 aliphatic heterocycles. The standard InChI is InChI=1S/C11H14BrNO/c1-4-8(13)10-7(3)11(12)6(2)5-9(10)14/h4-5,8,14H,1,13H2,2-3H3/t8-/m0/s1. The maximum absolute atomic E-state index is 9.75. The zero-order valence-electron chi connectivity index (χ0n) is 8.34. The van der Waals surface area contributed by atoms with Crippen LogP contribution in [0.5, 0.6) is 5.75 Å². The third-order valence-corrected chi connectivity index (χ3v) is 3.52. The lowest BCUT2D eigenvalue weighted by Gasteiger charge is -2.15. The normalized spacial score (nSPS) is 12.6. The van der Waals surface area contributed by atoms with Gasteiger partial charge in [-0.25, -0.2) is 0 Å². The van der Waals surface area contributed by atoms with Crippen LogP contribution in [0.25, 0.3) is 0 Å². The number of hydrogen-bond acceptors (Lipinski definition) is 2. The Morgan fingerprint density at radius 2 is 2.14 bits per heavy atom. The molecular formula is C11H14BrNO. The molecule has 14 heavy (non-hydrogen) atoms. The lowest BCUT2D eigenvalue weighted by molar-refractivity contribution is 0.464. The molecule has 2 nitrogen and oxygen atoms in total. The molecule has 0 aliphatic rings. The molecular weight excluding hydrogens is 242 g/mol. The van der Waals surface area contributed by atoms with Gasteiger partial charge in [0, 0.05) is 10.0 Å². The molecule has 76 valence electrons. The smallest absolute Gasteiger partial charge is 0.121 e. The molecule has 3 heteroatoms. The molecule has 3 N–H and O–H groups in total. The summed E-state index contributed by atoms with van der Waals surface area (Å²) >= 11 is 3.46. The summed E-state index contributed by atoms with van der Waals surface area (Å²) in [6.45, 7) is 7.48. The van der Waals surface area contributed by atoms with E-state index in [1.165, 1.54) is 0 Å². The van der Waals surface area contributed by atoms with Gasteiger partial charge in [0.15, 0.2) is 0 Å². The Hall–Kier alpha value is -0.800. The molecule has 0 saturated heterocycles. The summed E-state index contributed by atoms with van der Waals surface area (Å²) in [6.07, 6.45) is 1.61. The van der Waals surface area contributed by atoms with Crippen LogP contribution in [-0.2, 0) is 0 Å². The van der Waals surface area contributed by atoms with Crippen molar-refractivity contribution in [3.05, 3.63) is 39.9 Å². The molecule has 1 aromatic rings. The van der Waals surface area contributed by atoms with E-state index in [0.29, 0.717) is 0 Å². The number of aromatic hydroxyl groups is 1. The highest BCUT2D eigenvalue weighted by atomic mass is 79.9. The first-order chi connectivity index (χ1) is 6.49. The Morgan fingerprint density at radius 3 is 2.64 bits per heavy atom. The predicted octanol–water partition coefficient (Wildman–Crippen LogP) is 2.96. The second-order valence-electron chi connectivity index (χ2n) is 3.33. The van der Waals surface area contributed by atoms with Crippen molar-refractivity contribution in [2.24, 2.45) is 5.73 Å². The van der Waals surface area contributed by atoms with Crippen molar-refractivity contribution >= 4 is 15.9 Å². The van der Waals surface area contributed by atoms with Crippen LogP contribution in [-0.4, -0.2) is 5.11 Å². The summed E-state index contributed by atoms with van der Waals surface area (Å²) in [5, 5.41) is 9.75. The number of benzene rings is 1. The molecule has 0 spiro atoms. The van der Waals surface area contributed by atoms with Gasteiger partial charge in [-0.15, -0.1) is 6.58 Å². The van der Waals surface area contributed by atoms with E-state index < -0.39 is 0 Å². The van der Waals surface area contributed by atoms with Crippen LogP contribution in [0.3, 0.4) is 0 Å². The molecule has 1 atom stereocenters. The highest BCUT2D eigenvalue weighted by Crippen LogP contribution is 2.34. The van der Waals surface area contributed by atoms with Crippen LogP contribution in [0.15, 0.2) is 23.2 Å². The van der Waals surface area contributed by atoms with E-state index in [-0.39, 0.29) is 11.8 Å².